The molecule has 0 rings (SSSR count). The summed E-state index contributed by atoms with van der Waals surface area (Å²) in [4.78, 5) is 9.79. The van der Waals surface area contributed by atoms with Crippen LogP contribution in [0.3, 0.4) is 0 Å². The second kappa shape index (κ2) is 4.20. The molecule has 0 unspecified atom stereocenters. The van der Waals surface area contributed by atoms with Gasteiger partial charge in [0.25, 0.3) is 0 Å². The van der Waals surface area contributed by atoms with Gasteiger partial charge in [-0.2, -0.15) is 8.78 Å². The first-order valence-corrected chi connectivity index (χ1v) is 3.02. The van der Waals surface area contributed by atoms with E-state index in [-0.39, 0.29) is 13.1 Å². The Bertz CT molecular complexity index is 140. The zero-order valence-electron chi connectivity index (χ0n) is 5.81. The van der Waals surface area contributed by atoms with Crippen LogP contribution in [0.5, 0.6) is 0 Å². The van der Waals surface area contributed by atoms with Crippen LogP contribution in [0.4, 0.5) is 8.78 Å². The van der Waals surface area contributed by atoms with Crippen LogP contribution in [-0.2, 0) is 4.79 Å². The molecule has 0 saturated carbocycles. The number of rotatable bonds is 5. The van der Waals surface area contributed by atoms with Crippen molar-refractivity contribution >= 4 is 5.97 Å². The van der Waals surface area contributed by atoms with Crippen molar-refractivity contribution in [1.29, 1.82) is 0 Å². The number of hydrogen-bond acceptors (Lipinski definition) is 3. The highest BCUT2D eigenvalue weighted by molar-refractivity contribution is 5.75. The number of nitrogens with one attached hydrogen (secondary N) is 1. The summed E-state index contributed by atoms with van der Waals surface area (Å²) in [5.41, 5.74) is 4.98. The summed E-state index contributed by atoms with van der Waals surface area (Å²) >= 11 is 0. The molecule has 0 spiro atoms. The molecule has 0 heterocycles. The Hall–Kier alpha value is -0.750. The quantitative estimate of drug-likeness (QED) is 0.472. The van der Waals surface area contributed by atoms with E-state index in [0.29, 0.717) is 0 Å². The lowest BCUT2D eigenvalue weighted by molar-refractivity contribution is -0.163. The van der Waals surface area contributed by atoms with Crippen LogP contribution < -0.4 is 11.1 Å². The first-order chi connectivity index (χ1) is 5.00. The van der Waals surface area contributed by atoms with E-state index >= 15 is 0 Å². The molecule has 4 nitrogen and oxygen atoms in total. The van der Waals surface area contributed by atoms with Crippen LogP contribution >= 0.6 is 0 Å². The van der Waals surface area contributed by atoms with Gasteiger partial charge in [-0.3, -0.25) is 0 Å². The third kappa shape index (κ3) is 3.84. The summed E-state index contributed by atoms with van der Waals surface area (Å²) in [5, 5.41) is 10.1. The highest BCUT2D eigenvalue weighted by atomic mass is 19.3. The number of carbonyl (C=O) groups is 1. The average molecular weight is 168 g/mol. The number of alkyl halides is 2. The highest BCUT2D eigenvalue weighted by Gasteiger charge is 2.37. The van der Waals surface area contributed by atoms with Gasteiger partial charge in [0.15, 0.2) is 0 Å². The molecule has 4 N–H and O–H groups in total. The molecule has 0 aromatic carbocycles. The third-order valence-corrected chi connectivity index (χ3v) is 0.981. The zero-order chi connectivity index (χ0) is 8.91. The second-order valence-electron chi connectivity index (χ2n) is 1.98. The minimum atomic E-state index is -3.70. The van der Waals surface area contributed by atoms with E-state index in [9.17, 15) is 13.6 Å². The summed E-state index contributed by atoms with van der Waals surface area (Å²) < 4.78 is 24.3. The summed E-state index contributed by atoms with van der Waals surface area (Å²) in [6.45, 7) is -0.488. The number of hydrogen-bond donors (Lipinski definition) is 3. The standard InChI is InChI=1S/C5H10F2N2O2/c6-5(7,4(10)11)3-9-2-1-8/h9H,1-3,8H2,(H,10,11). The Morgan fingerprint density at radius 3 is 2.55 bits per heavy atom. The molecule has 11 heavy (non-hydrogen) atoms. The van der Waals surface area contributed by atoms with Gasteiger partial charge >= 0.3 is 11.9 Å². The van der Waals surface area contributed by atoms with Crippen molar-refractivity contribution in [1.82, 2.24) is 5.32 Å². The van der Waals surface area contributed by atoms with Gasteiger partial charge in [0.1, 0.15) is 0 Å². The van der Waals surface area contributed by atoms with Gasteiger partial charge in [0, 0.05) is 13.1 Å². The minimum absolute atomic E-state index is 0.183. The Kier molecular flexibility index (Phi) is 3.91. The van der Waals surface area contributed by atoms with Gasteiger partial charge < -0.3 is 16.2 Å². The predicted octanol–water partition coefficient (Wildman–Crippen LogP) is -0.745. The first kappa shape index (κ1) is 10.2. The number of aliphatic carboxylic acids is 1. The number of carboxylic acids is 1. The number of carboxylic acid groups (broad SMARTS) is 1. The first-order valence-electron chi connectivity index (χ1n) is 3.02. The smallest absolute Gasteiger partial charge is 0.375 e. The van der Waals surface area contributed by atoms with E-state index < -0.39 is 18.4 Å². The largest absolute Gasteiger partial charge is 0.477 e. The fourth-order valence-electron chi connectivity index (χ4n) is 0.423. The normalized spacial score (nSPS) is 11.5. The summed E-state index contributed by atoms with van der Waals surface area (Å²) in [6, 6.07) is 0. The topological polar surface area (TPSA) is 75.3 Å². The lowest BCUT2D eigenvalue weighted by Gasteiger charge is -2.10. The number of halogens is 2. The Balaban J connectivity index is 3.64. The Morgan fingerprint density at radius 2 is 2.18 bits per heavy atom. The van der Waals surface area contributed by atoms with Crippen molar-refractivity contribution in [3.63, 3.8) is 0 Å². The average Bonchev–Trinajstić information content (AvgIpc) is 1.88. The molecule has 0 aliphatic carbocycles. The van der Waals surface area contributed by atoms with Crippen molar-refractivity contribution in [2.75, 3.05) is 19.6 Å². The fraction of sp³-hybridized carbons (Fsp3) is 0.800. The van der Waals surface area contributed by atoms with Gasteiger partial charge in [0.2, 0.25) is 0 Å². The van der Waals surface area contributed by atoms with E-state index in [2.05, 4.69) is 5.32 Å². The molecule has 0 radical (unpaired) electrons. The molecule has 0 atom stereocenters. The SMILES string of the molecule is NCCNCC(F)(F)C(=O)O. The molecule has 0 aromatic heterocycles. The van der Waals surface area contributed by atoms with Gasteiger partial charge in [-0.05, 0) is 0 Å². The van der Waals surface area contributed by atoms with Crippen LogP contribution in [0.2, 0.25) is 0 Å². The Morgan fingerprint density at radius 1 is 1.64 bits per heavy atom. The van der Waals surface area contributed by atoms with Crippen LogP contribution in [0, 0.1) is 0 Å². The van der Waals surface area contributed by atoms with Gasteiger partial charge in [-0.1, -0.05) is 0 Å². The van der Waals surface area contributed by atoms with Crippen LogP contribution in [-0.4, -0.2) is 36.6 Å². The lowest BCUT2D eigenvalue weighted by atomic mass is 10.3. The van der Waals surface area contributed by atoms with Gasteiger partial charge in [-0.25, -0.2) is 4.79 Å². The maximum absolute atomic E-state index is 12.2. The monoisotopic (exact) mass is 168 g/mol. The van der Waals surface area contributed by atoms with Crippen molar-refractivity contribution < 1.29 is 18.7 Å². The molecule has 0 saturated heterocycles. The molecule has 66 valence electrons. The van der Waals surface area contributed by atoms with Crippen molar-refractivity contribution in [3.8, 4) is 0 Å². The van der Waals surface area contributed by atoms with Crippen molar-refractivity contribution in [2.45, 2.75) is 5.92 Å². The Labute approximate surface area is 62.4 Å². The van der Waals surface area contributed by atoms with Crippen molar-refractivity contribution in [3.05, 3.63) is 0 Å². The maximum atomic E-state index is 12.2. The minimum Gasteiger partial charge on any atom is -0.477 e. The van der Waals surface area contributed by atoms with E-state index in [1.54, 1.807) is 0 Å². The van der Waals surface area contributed by atoms with E-state index in [1.165, 1.54) is 0 Å². The zero-order valence-corrected chi connectivity index (χ0v) is 5.81. The molecular formula is C5H10F2N2O2. The molecule has 6 heteroatoms. The molecule has 0 amide bonds. The number of nitrogens with two attached hydrogens (primary N) is 1. The summed E-state index contributed by atoms with van der Waals surface area (Å²) in [6.07, 6.45) is 0. The van der Waals surface area contributed by atoms with Crippen molar-refractivity contribution in [2.24, 2.45) is 5.73 Å². The third-order valence-electron chi connectivity index (χ3n) is 0.981. The molecule has 0 aliphatic rings. The van der Waals surface area contributed by atoms with Gasteiger partial charge in [0.05, 0.1) is 6.54 Å². The molecule has 0 bridgehead atoms. The summed E-state index contributed by atoms with van der Waals surface area (Å²) in [7, 11) is 0. The lowest BCUT2D eigenvalue weighted by Crippen LogP contribution is -2.41. The molecular weight excluding hydrogens is 158 g/mol. The molecule has 0 aliphatic heterocycles. The maximum Gasteiger partial charge on any atom is 0.375 e. The predicted molar refractivity (Wildman–Crippen MR) is 34.5 cm³/mol. The van der Waals surface area contributed by atoms with Gasteiger partial charge in [-0.15, -0.1) is 0 Å². The molecule has 0 aromatic rings. The van der Waals surface area contributed by atoms with Crippen LogP contribution in [0.15, 0.2) is 0 Å². The fourth-order valence-corrected chi connectivity index (χ4v) is 0.423. The van der Waals surface area contributed by atoms with Crippen LogP contribution in [0.1, 0.15) is 0 Å². The van der Waals surface area contributed by atoms with E-state index in [1.807, 2.05) is 0 Å². The second-order valence-corrected chi connectivity index (χ2v) is 1.98. The van der Waals surface area contributed by atoms with Crippen LogP contribution in [0.25, 0.3) is 0 Å². The van der Waals surface area contributed by atoms with E-state index in [4.69, 9.17) is 10.8 Å². The summed E-state index contributed by atoms with van der Waals surface area (Å²) in [5.74, 6) is -5.82. The molecule has 0 fully saturated rings. The highest BCUT2D eigenvalue weighted by Crippen LogP contribution is 2.10. The van der Waals surface area contributed by atoms with E-state index in [0.717, 1.165) is 0 Å².